The quantitative estimate of drug-likeness (QED) is 0.680. The van der Waals surface area contributed by atoms with Gasteiger partial charge in [0.15, 0.2) is 11.5 Å². The van der Waals surface area contributed by atoms with Crippen LogP contribution >= 0.6 is 11.6 Å². The lowest BCUT2D eigenvalue weighted by atomic mass is 9.88. The van der Waals surface area contributed by atoms with Crippen molar-refractivity contribution in [3.63, 3.8) is 0 Å². The van der Waals surface area contributed by atoms with E-state index in [2.05, 4.69) is 17.2 Å². The highest BCUT2D eigenvalue weighted by Crippen LogP contribution is 2.40. The van der Waals surface area contributed by atoms with E-state index in [-0.39, 0.29) is 28.3 Å². The molecule has 1 aromatic carbocycles. The van der Waals surface area contributed by atoms with Crippen LogP contribution in [0, 0.1) is 5.92 Å². The zero-order valence-electron chi connectivity index (χ0n) is 15.1. The highest BCUT2D eigenvalue weighted by Gasteiger charge is 2.40. The topological polar surface area (TPSA) is 96.9 Å². The van der Waals surface area contributed by atoms with Crippen molar-refractivity contribution in [2.24, 2.45) is 5.92 Å². The second-order valence-corrected chi connectivity index (χ2v) is 7.24. The number of halogens is 1. The summed E-state index contributed by atoms with van der Waals surface area (Å²) >= 11 is 6.08. The number of hydrogen-bond donors (Lipinski definition) is 3. The first kappa shape index (κ1) is 19.4. The first-order chi connectivity index (χ1) is 12.9. The lowest BCUT2D eigenvalue weighted by molar-refractivity contribution is -0.155. The van der Waals surface area contributed by atoms with Crippen LogP contribution < -0.4 is 15.4 Å². The molecule has 2 fully saturated rings. The van der Waals surface area contributed by atoms with Crippen molar-refractivity contribution in [1.82, 2.24) is 10.6 Å². The van der Waals surface area contributed by atoms with E-state index in [4.69, 9.17) is 21.1 Å². The molecular formula is C19H23ClN2O5. The van der Waals surface area contributed by atoms with Crippen molar-refractivity contribution >= 4 is 23.6 Å². The van der Waals surface area contributed by atoms with E-state index in [0.29, 0.717) is 5.56 Å². The van der Waals surface area contributed by atoms with Crippen LogP contribution in [0.3, 0.4) is 0 Å². The van der Waals surface area contributed by atoms with Gasteiger partial charge in [-0.2, -0.15) is 0 Å². The van der Waals surface area contributed by atoms with Crippen LogP contribution in [0.25, 0.3) is 0 Å². The molecule has 3 N–H and O–H groups in total. The van der Waals surface area contributed by atoms with Crippen molar-refractivity contribution in [1.29, 1.82) is 0 Å². The lowest BCUT2D eigenvalue weighted by Crippen LogP contribution is -2.51. The molecule has 1 saturated heterocycles. The van der Waals surface area contributed by atoms with Gasteiger partial charge in [0.05, 0.1) is 18.2 Å². The molecule has 1 aromatic rings. The summed E-state index contributed by atoms with van der Waals surface area (Å²) < 4.78 is 10.8. The standard InChI is InChI=1S/C19H23ClN2O5/c1-10-15(18(24)27-12-6-4-3-5-7-12)16(22-19(25)21-10)11-8-13(20)17(23)14(9-11)26-2/h8-9,12,15-16,23H,1,3-7H2,2H3,(H2,21,22,25). The van der Waals surface area contributed by atoms with Crippen LogP contribution in [0.2, 0.25) is 5.02 Å². The Morgan fingerprint density at radius 2 is 2.00 bits per heavy atom. The van der Waals surface area contributed by atoms with Crippen LogP contribution in [0.4, 0.5) is 4.79 Å². The largest absolute Gasteiger partial charge is 0.503 e. The average Bonchev–Trinajstić information content (AvgIpc) is 2.63. The summed E-state index contributed by atoms with van der Waals surface area (Å²) in [4.78, 5) is 24.9. The number of esters is 1. The Balaban J connectivity index is 1.90. The third-order valence-corrected chi connectivity index (χ3v) is 5.28. The maximum atomic E-state index is 12.9. The number of rotatable bonds is 4. The Morgan fingerprint density at radius 3 is 2.67 bits per heavy atom. The van der Waals surface area contributed by atoms with Crippen molar-refractivity contribution < 1.29 is 24.2 Å². The number of nitrogens with one attached hydrogen (secondary N) is 2. The number of amides is 2. The number of urea groups is 1. The Morgan fingerprint density at radius 1 is 1.30 bits per heavy atom. The average molecular weight is 395 g/mol. The fourth-order valence-corrected chi connectivity index (χ4v) is 3.81. The van der Waals surface area contributed by atoms with E-state index in [1.807, 2.05) is 0 Å². The van der Waals surface area contributed by atoms with Crippen LogP contribution in [0.1, 0.15) is 43.7 Å². The second kappa shape index (κ2) is 8.08. The summed E-state index contributed by atoms with van der Waals surface area (Å²) in [5.74, 6) is -1.33. The molecule has 0 radical (unpaired) electrons. The van der Waals surface area contributed by atoms with E-state index in [0.717, 1.165) is 32.1 Å². The molecule has 0 aromatic heterocycles. The fourth-order valence-electron chi connectivity index (χ4n) is 3.59. The van der Waals surface area contributed by atoms with Crippen LogP contribution in [-0.2, 0) is 9.53 Å². The van der Waals surface area contributed by atoms with Gasteiger partial charge in [-0.15, -0.1) is 0 Å². The zero-order valence-corrected chi connectivity index (χ0v) is 15.8. The first-order valence-electron chi connectivity index (χ1n) is 8.94. The van der Waals surface area contributed by atoms with Gasteiger partial charge in [-0.25, -0.2) is 4.79 Å². The van der Waals surface area contributed by atoms with E-state index in [1.54, 1.807) is 0 Å². The van der Waals surface area contributed by atoms with Gasteiger partial charge >= 0.3 is 12.0 Å². The number of ether oxygens (including phenoxy) is 2. The van der Waals surface area contributed by atoms with Gasteiger partial charge in [0, 0.05) is 5.70 Å². The number of phenolic OH excluding ortho intramolecular Hbond substituents is 1. The second-order valence-electron chi connectivity index (χ2n) is 6.83. The predicted molar refractivity (Wildman–Crippen MR) is 99.7 cm³/mol. The third kappa shape index (κ3) is 4.13. The molecule has 1 saturated carbocycles. The summed E-state index contributed by atoms with van der Waals surface area (Å²) in [6, 6.07) is 1.80. The molecule has 2 atom stereocenters. The van der Waals surface area contributed by atoms with Gasteiger partial charge < -0.3 is 25.2 Å². The van der Waals surface area contributed by atoms with Gasteiger partial charge in [-0.1, -0.05) is 24.6 Å². The Kier molecular flexibility index (Phi) is 5.79. The van der Waals surface area contributed by atoms with Gasteiger partial charge in [0.1, 0.15) is 12.0 Å². The molecule has 1 aliphatic heterocycles. The molecule has 7 nitrogen and oxygen atoms in total. The highest BCUT2D eigenvalue weighted by molar-refractivity contribution is 6.32. The van der Waals surface area contributed by atoms with E-state index in [9.17, 15) is 14.7 Å². The normalized spacial score (nSPS) is 23.3. The van der Waals surface area contributed by atoms with Crippen LogP contribution in [0.5, 0.6) is 11.5 Å². The maximum absolute atomic E-state index is 12.9. The molecule has 146 valence electrons. The first-order valence-corrected chi connectivity index (χ1v) is 9.31. The third-order valence-electron chi connectivity index (χ3n) is 4.99. The van der Waals surface area contributed by atoms with Crippen molar-refractivity contribution in [2.75, 3.05) is 7.11 Å². The fraction of sp³-hybridized carbons (Fsp3) is 0.474. The van der Waals surface area contributed by atoms with Crippen molar-refractivity contribution in [3.05, 3.63) is 35.0 Å². The minimum atomic E-state index is -0.824. The van der Waals surface area contributed by atoms with Crippen LogP contribution in [-0.4, -0.2) is 30.3 Å². The van der Waals surface area contributed by atoms with Gasteiger partial charge in [0.25, 0.3) is 0 Å². The monoisotopic (exact) mass is 394 g/mol. The summed E-state index contributed by atoms with van der Waals surface area (Å²) in [5.41, 5.74) is 0.768. The summed E-state index contributed by atoms with van der Waals surface area (Å²) in [6.45, 7) is 3.83. The highest BCUT2D eigenvalue weighted by atomic mass is 35.5. The smallest absolute Gasteiger partial charge is 0.319 e. The Labute approximate surface area is 162 Å². The van der Waals surface area contributed by atoms with Crippen molar-refractivity contribution in [3.8, 4) is 11.5 Å². The molecule has 27 heavy (non-hydrogen) atoms. The molecule has 2 aliphatic rings. The molecule has 1 aliphatic carbocycles. The molecule has 8 heteroatoms. The molecule has 2 unspecified atom stereocenters. The SMILES string of the molecule is C=C1NC(=O)NC(c2cc(Cl)c(O)c(OC)c2)C1C(=O)OC1CCCCC1. The van der Waals surface area contributed by atoms with Gasteiger partial charge in [0.2, 0.25) is 0 Å². The molecule has 0 spiro atoms. The molecular weight excluding hydrogens is 372 g/mol. The predicted octanol–water partition coefficient (Wildman–Crippen LogP) is 3.41. The van der Waals surface area contributed by atoms with E-state index >= 15 is 0 Å². The summed E-state index contributed by atoms with van der Waals surface area (Å²) in [7, 11) is 1.39. The Bertz CT molecular complexity index is 761. The van der Waals surface area contributed by atoms with Gasteiger partial charge in [-0.05, 0) is 43.4 Å². The number of phenols is 1. The minimum absolute atomic E-state index is 0.0575. The number of aromatic hydroxyl groups is 1. The number of carbonyl (C=O) groups is 2. The van der Waals surface area contributed by atoms with E-state index in [1.165, 1.54) is 19.2 Å². The number of benzene rings is 1. The number of hydrogen-bond acceptors (Lipinski definition) is 5. The minimum Gasteiger partial charge on any atom is -0.503 e. The lowest BCUT2D eigenvalue weighted by Gasteiger charge is -2.34. The molecule has 3 rings (SSSR count). The molecule has 1 heterocycles. The maximum Gasteiger partial charge on any atom is 0.319 e. The van der Waals surface area contributed by atoms with Crippen molar-refractivity contribution in [2.45, 2.75) is 44.2 Å². The summed E-state index contributed by atoms with van der Waals surface area (Å²) in [6.07, 6.45) is 4.79. The molecule has 0 bridgehead atoms. The number of carbonyl (C=O) groups excluding carboxylic acids is 2. The van der Waals surface area contributed by atoms with Crippen LogP contribution in [0.15, 0.2) is 24.4 Å². The van der Waals surface area contributed by atoms with Gasteiger partial charge in [-0.3, -0.25) is 4.79 Å². The molecule has 2 amide bonds. The zero-order chi connectivity index (χ0) is 19.6. The van der Waals surface area contributed by atoms with E-state index < -0.39 is 24.0 Å². The summed E-state index contributed by atoms with van der Waals surface area (Å²) in [5, 5.41) is 15.3. The Hall–Kier alpha value is -2.41. The number of methoxy groups -OCH3 is 1.